The second kappa shape index (κ2) is 6.38. The molecular weight excluding hydrogens is 369 g/mol. The number of halogens is 3. The zero-order valence-electron chi connectivity index (χ0n) is 14.4. The van der Waals surface area contributed by atoms with Gasteiger partial charge in [-0.15, -0.1) is 0 Å². The molecule has 4 aromatic rings. The van der Waals surface area contributed by atoms with E-state index in [4.69, 9.17) is 0 Å². The predicted octanol–water partition coefficient (Wildman–Crippen LogP) is 4.53. The molecule has 0 aliphatic rings. The van der Waals surface area contributed by atoms with Crippen LogP contribution in [-0.4, -0.2) is 26.2 Å². The smallest absolute Gasteiger partial charge is 0.425 e. The van der Waals surface area contributed by atoms with Gasteiger partial charge in [-0.05, 0) is 42.0 Å². The average molecular weight is 384 g/mol. The van der Waals surface area contributed by atoms with Gasteiger partial charge in [0.15, 0.2) is 0 Å². The van der Waals surface area contributed by atoms with Gasteiger partial charge in [-0.2, -0.15) is 18.3 Å². The number of phenols is 1. The first-order valence-electron chi connectivity index (χ1n) is 8.43. The number of rotatable bonds is 3. The first-order chi connectivity index (χ1) is 13.3. The number of benzene rings is 3. The Hall–Kier alpha value is -3.32. The van der Waals surface area contributed by atoms with Crippen LogP contribution in [0.4, 0.5) is 13.2 Å². The van der Waals surface area contributed by atoms with Gasteiger partial charge in [0.1, 0.15) is 5.75 Å². The molecule has 2 N–H and O–H groups in total. The van der Waals surface area contributed by atoms with Crippen LogP contribution >= 0.6 is 0 Å². The molecule has 0 spiro atoms. The molecule has 142 valence electrons. The van der Waals surface area contributed by atoms with E-state index in [-0.39, 0.29) is 11.3 Å². The molecular formula is C21H15F3N2O2. The summed E-state index contributed by atoms with van der Waals surface area (Å²) >= 11 is 0. The summed E-state index contributed by atoms with van der Waals surface area (Å²) in [5.41, 5.74) is -2.71. The van der Waals surface area contributed by atoms with Crippen LogP contribution in [0.3, 0.4) is 0 Å². The van der Waals surface area contributed by atoms with Gasteiger partial charge >= 0.3 is 6.18 Å². The maximum atomic E-state index is 13.9. The van der Waals surface area contributed by atoms with Crippen molar-refractivity contribution in [3.63, 3.8) is 0 Å². The number of hydrogen-bond acceptors (Lipinski definition) is 3. The van der Waals surface area contributed by atoms with Gasteiger partial charge in [0.2, 0.25) is 5.60 Å². The van der Waals surface area contributed by atoms with E-state index in [1.165, 1.54) is 36.5 Å². The molecule has 0 radical (unpaired) electrons. The number of alkyl halides is 3. The van der Waals surface area contributed by atoms with Crippen molar-refractivity contribution in [2.24, 2.45) is 0 Å². The zero-order valence-corrected chi connectivity index (χ0v) is 14.4. The van der Waals surface area contributed by atoms with Crippen molar-refractivity contribution in [3.05, 3.63) is 90.1 Å². The lowest BCUT2D eigenvalue weighted by molar-refractivity contribution is -0.248. The Morgan fingerprint density at radius 2 is 1.54 bits per heavy atom. The molecule has 0 aliphatic carbocycles. The largest absolute Gasteiger partial charge is 0.508 e. The molecule has 0 saturated heterocycles. The lowest BCUT2D eigenvalue weighted by Gasteiger charge is -2.31. The van der Waals surface area contributed by atoms with E-state index in [1.54, 1.807) is 4.68 Å². The Bertz CT molecular complexity index is 1140. The molecule has 0 saturated carbocycles. The standard InChI is InChI=1S/C21H15F3N2O2/c22-21(23,24)20(28,15-5-4-8-18(27)12-15)16-9-10-19-14(11-16)13-25-26(19)17-6-2-1-3-7-17/h1-13,27-28H. The topological polar surface area (TPSA) is 58.3 Å². The Kier molecular flexibility index (Phi) is 4.12. The van der Waals surface area contributed by atoms with Gasteiger partial charge in [-0.1, -0.05) is 36.4 Å². The molecule has 0 amide bonds. The molecule has 4 rings (SSSR count). The summed E-state index contributed by atoms with van der Waals surface area (Å²) in [4.78, 5) is 0. The highest BCUT2D eigenvalue weighted by Crippen LogP contribution is 2.45. The van der Waals surface area contributed by atoms with Gasteiger partial charge in [-0.3, -0.25) is 0 Å². The second-order valence-electron chi connectivity index (χ2n) is 6.42. The fraction of sp³-hybridized carbons (Fsp3) is 0.0952. The lowest BCUT2D eigenvalue weighted by Crippen LogP contribution is -2.43. The highest BCUT2D eigenvalue weighted by Gasteiger charge is 2.56. The minimum Gasteiger partial charge on any atom is -0.508 e. The molecule has 3 aromatic carbocycles. The fourth-order valence-corrected chi connectivity index (χ4v) is 3.26. The molecule has 28 heavy (non-hydrogen) atoms. The Morgan fingerprint density at radius 1 is 0.821 bits per heavy atom. The lowest BCUT2D eigenvalue weighted by atomic mass is 9.85. The molecule has 1 unspecified atom stereocenters. The quantitative estimate of drug-likeness (QED) is 0.546. The van der Waals surface area contributed by atoms with E-state index in [9.17, 15) is 23.4 Å². The normalized spacial score (nSPS) is 14.1. The number of aromatic nitrogens is 2. The van der Waals surface area contributed by atoms with E-state index in [0.29, 0.717) is 10.9 Å². The summed E-state index contributed by atoms with van der Waals surface area (Å²) in [6.45, 7) is 0. The van der Waals surface area contributed by atoms with Crippen LogP contribution in [0.15, 0.2) is 79.0 Å². The average Bonchev–Trinajstić information content (AvgIpc) is 3.10. The molecule has 1 atom stereocenters. The van der Waals surface area contributed by atoms with E-state index >= 15 is 0 Å². The number of nitrogens with zero attached hydrogens (tertiary/aromatic N) is 2. The van der Waals surface area contributed by atoms with E-state index in [0.717, 1.165) is 17.8 Å². The van der Waals surface area contributed by atoms with Crippen LogP contribution < -0.4 is 0 Å². The minimum atomic E-state index is -5.00. The van der Waals surface area contributed by atoms with Crippen LogP contribution in [-0.2, 0) is 5.60 Å². The highest BCUT2D eigenvalue weighted by atomic mass is 19.4. The van der Waals surface area contributed by atoms with Gasteiger partial charge in [0.25, 0.3) is 0 Å². The number of para-hydroxylation sites is 1. The molecule has 7 heteroatoms. The van der Waals surface area contributed by atoms with Crippen molar-refractivity contribution < 1.29 is 23.4 Å². The summed E-state index contributed by atoms with van der Waals surface area (Å²) < 4.78 is 43.4. The van der Waals surface area contributed by atoms with Crippen molar-refractivity contribution >= 4 is 10.9 Å². The summed E-state index contributed by atoms with van der Waals surface area (Å²) in [6, 6.07) is 17.7. The molecule has 0 bridgehead atoms. The van der Waals surface area contributed by atoms with Gasteiger partial charge in [0, 0.05) is 10.9 Å². The minimum absolute atomic E-state index is 0.356. The zero-order chi connectivity index (χ0) is 19.9. The number of hydrogen-bond donors (Lipinski definition) is 2. The Morgan fingerprint density at radius 3 is 2.21 bits per heavy atom. The van der Waals surface area contributed by atoms with Gasteiger partial charge in [-0.25, -0.2) is 4.68 Å². The molecule has 0 fully saturated rings. The van der Waals surface area contributed by atoms with Crippen molar-refractivity contribution in [3.8, 4) is 11.4 Å². The van der Waals surface area contributed by atoms with Crippen LogP contribution in [0.1, 0.15) is 11.1 Å². The van der Waals surface area contributed by atoms with E-state index < -0.39 is 17.3 Å². The third-order valence-corrected chi connectivity index (χ3v) is 4.66. The third-order valence-electron chi connectivity index (χ3n) is 4.66. The van der Waals surface area contributed by atoms with Crippen LogP contribution in [0, 0.1) is 0 Å². The predicted molar refractivity (Wildman–Crippen MR) is 98.2 cm³/mol. The maximum absolute atomic E-state index is 13.9. The van der Waals surface area contributed by atoms with Gasteiger partial charge < -0.3 is 10.2 Å². The summed E-state index contributed by atoms with van der Waals surface area (Å²) in [5.74, 6) is -0.363. The van der Waals surface area contributed by atoms with E-state index in [2.05, 4.69) is 5.10 Å². The highest BCUT2D eigenvalue weighted by molar-refractivity contribution is 5.81. The summed E-state index contributed by atoms with van der Waals surface area (Å²) in [6.07, 6.45) is -3.55. The van der Waals surface area contributed by atoms with E-state index in [1.807, 2.05) is 30.3 Å². The number of fused-ring (bicyclic) bond motifs is 1. The molecule has 0 aliphatic heterocycles. The first kappa shape index (κ1) is 18.1. The summed E-state index contributed by atoms with van der Waals surface area (Å²) in [5, 5.41) is 25.0. The van der Waals surface area contributed by atoms with Crippen LogP contribution in [0.2, 0.25) is 0 Å². The molecule has 1 heterocycles. The number of aromatic hydroxyl groups is 1. The Balaban J connectivity index is 1.89. The van der Waals surface area contributed by atoms with Crippen molar-refractivity contribution in [2.45, 2.75) is 11.8 Å². The number of phenolic OH excluding ortho intramolecular Hbond substituents is 1. The number of aliphatic hydroxyl groups is 1. The van der Waals surface area contributed by atoms with Crippen LogP contribution in [0.5, 0.6) is 5.75 Å². The molecule has 4 nitrogen and oxygen atoms in total. The van der Waals surface area contributed by atoms with Crippen LogP contribution in [0.25, 0.3) is 16.6 Å². The monoisotopic (exact) mass is 384 g/mol. The Labute approximate surface area is 158 Å². The van der Waals surface area contributed by atoms with Crippen molar-refractivity contribution in [1.29, 1.82) is 0 Å². The fourth-order valence-electron chi connectivity index (χ4n) is 3.26. The second-order valence-corrected chi connectivity index (χ2v) is 6.42. The maximum Gasteiger partial charge on any atom is 0.425 e. The third kappa shape index (κ3) is 2.80. The first-order valence-corrected chi connectivity index (χ1v) is 8.43. The molecule has 1 aromatic heterocycles. The summed E-state index contributed by atoms with van der Waals surface area (Å²) in [7, 11) is 0. The van der Waals surface area contributed by atoms with Crippen molar-refractivity contribution in [2.75, 3.05) is 0 Å². The van der Waals surface area contributed by atoms with Crippen molar-refractivity contribution in [1.82, 2.24) is 9.78 Å². The van der Waals surface area contributed by atoms with Gasteiger partial charge in [0.05, 0.1) is 17.4 Å². The SMILES string of the molecule is Oc1cccc(C(O)(c2ccc3c(cnn3-c3ccccc3)c2)C(F)(F)F)c1.